The van der Waals surface area contributed by atoms with Crippen LogP contribution in [0.25, 0.3) is 0 Å². The van der Waals surface area contributed by atoms with Gasteiger partial charge in [0.05, 0.1) is 11.5 Å². The van der Waals surface area contributed by atoms with Gasteiger partial charge in [-0.25, -0.2) is 4.79 Å². The van der Waals surface area contributed by atoms with E-state index in [9.17, 15) is 14.9 Å². The number of nitro benzene ring substituents is 1. The fraction of sp³-hybridized carbons (Fsp3) is 0.278. The van der Waals surface area contributed by atoms with E-state index in [1.54, 1.807) is 41.3 Å². The Labute approximate surface area is 150 Å². The summed E-state index contributed by atoms with van der Waals surface area (Å²) in [5.74, 6) is 0.611. The van der Waals surface area contributed by atoms with E-state index < -0.39 is 4.92 Å². The van der Waals surface area contributed by atoms with Crippen LogP contribution < -0.4 is 15.0 Å². The molecule has 0 saturated carbocycles. The van der Waals surface area contributed by atoms with Crippen LogP contribution >= 0.6 is 0 Å². The lowest BCUT2D eigenvalue weighted by molar-refractivity contribution is -0.384. The zero-order valence-electron chi connectivity index (χ0n) is 14.3. The van der Waals surface area contributed by atoms with Crippen molar-refractivity contribution < 1.29 is 19.2 Å². The highest BCUT2D eigenvalue weighted by Gasteiger charge is 2.31. The van der Waals surface area contributed by atoms with Crippen LogP contribution in [-0.4, -0.2) is 37.3 Å². The van der Waals surface area contributed by atoms with Crippen LogP contribution in [0.15, 0.2) is 48.5 Å². The van der Waals surface area contributed by atoms with E-state index in [0.717, 1.165) is 5.69 Å². The topological polar surface area (TPSA) is 93.9 Å². The molecule has 1 heterocycles. The summed E-state index contributed by atoms with van der Waals surface area (Å²) in [7, 11) is 1.81. The second kappa shape index (κ2) is 7.83. The third-order valence-electron chi connectivity index (χ3n) is 3.98. The molecule has 0 bridgehead atoms. The number of nitrogens with zero attached hydrogens (tertiary/aromatic N) is 2. The van der Waals surface area contributed by atoms with Gasteiger partial charge < -0.3 is 14.8 Å². The summed E-state index contributed by atoms with van der Waals surface area (Å²) in [5, 5.41) is 13.8. The fourth-order valence-corrected chi connectivity index (χ4v) is 2.72. The van der Waals surface area contributed by atoms with Crippen molar-refractivity contribution >= 4 is 17.5 Å². The van der Waals surface area contributed by atoms with Crippen molar-refractivity contribution in [2.24, 2.45) is 0 Å². The molecular formula is C18H19N3O5. The van der Waals surface area contributed by atoms with Gasteiger partial charge in [0.25, 0.3) is 5.69 Å². The molecule has 0 radical (unpaired) electrons. The van der Waals surface area contributed by atoms with Crippen LogP contribution in [0.2, 0.25) is 0 Å². The minimum atomic E-state index is -0.436. The molecule has 1 amide bonds. The van der Waals surface area contributed by atoms with Gasteiger partial charge in [-0.05, 0) is 36.9 Å². The first-order valence-electron chi connectivity index (χ1n) is 8.16. The number of likely N-dealkylation sites (N-methyl/N-ethyl adjacent to an activating group) is 1. The molecule has 1 aliphatic heterocycles. The minimum absolute atomic E-state index is 0.0325. The molecule has 2 aromatic rings. The Balaban J connectivity index is 1.61. The van der Waals surface area contributed by atoms with Gasteiger partial charge >= 0.3 is 6.09 Å². The number of rotatable bonds is 7. The van der Waals surface area contributed by atoms with Crippen molar-refractivity contribution in [1.29, 1.82) is 0 Å². The van der Waals surface area contributed by atoms with Crippen LogP contribution in [0.3, 0.4) is 0 Å². The number of carbonyl (C=O) groups excluding carboxylic acids is 1. The van der Waals surface area contributed by atoms with Gasteiger partial charge in [0, 0.05) is 24.4 Å². The van der Waals surface area contributed by atoms with Crippen LogP contribution in [0.4, 0.5) is 16.2 Å². The highest BCUT2D eigenvalue weighted by Crippen LogP contribution is 2.25. The van der Waals surface area contributed by atoms with Crippen LogP contribution in [0.1, 0.15) is 5.56 Å². The lowest BCUT2D eigenvalue weighted by Gasteiger charge is -2.14. The maximum absolute atomic E-state index is 11.9. The minimum Gasteiger partial charge on any atom is -0.489 e. The van der Waals surface area contributed by atoms with Gasteiger partial charge in [-0.1, -0.05) is 12.1 Å². The van der Waals surface area contributed by atoms with Crippen LogP contribution in [-0.2, 0) is 11.3 Å². The lowest BCUT2D eigenvalue weighted by atomic mass is 10.2. The molecule has 0 aliphatic carbocycles. The Morgan fingerprint density at radius 1 is 1.31 bits per heavy atom. The summed E-state index contributed by atoms with van der Waals surface area (Å²) in [6.07, 6.45) is -0.534. The van der Waals surface area contributed by atoms with Gasteiger partial charge in [0.1, 0.15) is 18.5 Å². The summed E-state index contributed by atoms with van der Waals surface area (Å²) in [5.41, 5.74) is 1.47. The van der Waals surface area contributed by atoms with Gasteiger partial charge in [-0.2, -0.15) is 0 Å². The van der Waals surface area contributed by atoms with Crippen molar-refractivity contribution in [2.75, 3.05) is 25.0 Å². The third-order valence-corrected chi connectivity index (χ3v) is 3.98. The fourth-order valence-electron chi connectivity index (χ4n) is 2.72. The molecule has 0 spiro atoms. The molecule has 1 N–H and O–H groups in total. The number of amides is 1. The number of cyclic esters (lactones) is 1. The molecule has 136 valence electrons. The van der Waals surface area contributed by atoms with E-state index >= 15 is 0 Å². The largest absolute Gasteiger partial charge is 0.489 e. The van der Waals surface area contributed by atoms with Gasteiger partial charge in [-0.15, -0.1) is 0 Å². The molecular weight excluding hydrogens is 338 g/mol. The quantitative estimate of drug-likeness (QED) is 0.605. The lowest BCUT2D eigenvalue weighted by Crippen LogP contribution is -2.28. The van der Waals surface area contributed by atoms with Gasteiger partial charge in [0.2, 0.25) is 0 Å². The molecule has 8 heteroatoms. The highest BCUT2D eigenvalue weighted by molar-refractivity contribution is 5.89. The second-order valence-electron chi connectivity index (χ2n) is 5.88. The van der Waals surface area contributed by atoms with Crippen molar-refractivity contribution in [2.45, 2.75) is 12.7 Å². The standard InChI is InChI=1S/C18H19N3O5/c1-19-10-17-11-20(18(22)26-17)14-5-7-16(8-6-14)25-12-13-3-2-4-15(9-13)21(23)24/h2-9,17,19H,10-12H2,1H3. The number of hydrogen-bond acceptors (Lipinski definition) is 6. The predicted molar refractivity (Wildman–Crippen MR) is 95.4 cm³/mol. The SMILES string of the molecule is CNCC1CN(c2ccc(OCc3cccc([N+](=O)[O-])c3)cc2)C(=O)O1. The Hall–Kier alpha value is -3.13. The molecule has 1 unspecified atom stereocenters. The van der Waals surface area contributed by atoms with Gasteiger partial charge in [0.15, 0.2) is 0 Å². The van der Waals surface area contributed by atoms with E-state index in [1.807, 2.05) is 7.05 Å². The van der Waals surface area contributed by atoms with Gasteiger partial charge in [-0.3, -0.25) is 15.0 Å². The smallest absolute Gasteiger partial charge is 0.414 e. The summed E-state index contributed by atoms with van der Waals surface area (Å²) < 4.78 is 10.9. The molecule has 1 atom stereocenters. The molecule has 1 aliphatic rings. The number of nitro groups is 1. The Kier molecular flexibility index (Phi) is 5.33. The Morgan fingerprint density at radius 3 is 2.77 bits per heavy atom. The normalized spacial score (nSPS) is 16.4. The van der Waals surface area contributed by atoms with Crippen molar-refractivity contribution in [1.82, 2.24) is 5.32 Å². The number of carbonyl (C=O) groups is 1. The number of benzene rings is 2. The average Bonchev–Trinajstić information content (AvgIpc) is 3.01. The van der Waals surface area contributed by atoms with Crippen molar-refractivity contribution in [3.63, 3.8) is 0 Å². The number of non-ortho nitro benzene ring substituents is 1. The number of ether oxygens (including phenoxy) is 2. The molecule has 8 nitrogen and oxygen atoms in total. The Morgan fingerprint density at radius 2 is 2.08 bits per heavy atom. The summed E-state index contributed by atoms with van der Waals surface area (Å²) in [6, 6.07) is 13.4. The van der Waals surface area contributed by atoms with E-state index in [2.05, 4.69) is 5.32 Å². The number of hydrogen-bond donors (Lipinski definition) is 1. The molecule has 26 heavy (non-hydrogen) atoms. The number of anilines is 1. The number of nitrogens with one attached hydrogen (secondary N) is 1. The van der Waals surface area contributed by atoms with Crippen molar-refractivity contribution in [3.05, 3.63) is 64.2 Å². The summed E-state index contributed by atoms with van der Waals surface area (Å²) in [6.45, 7) is 1.32. The van der Waals surface area contributed by atoms with E-state index in [-0.39, 0.29) is 24.5 Å². The zero-order chi connectivity index (χ0) is 18.5. The molecule has 1 fully saturated rings. The highest BCUT2D eigenvalue weighted by atomic mass is 16.6. The maximum Gasteiger partial charge on any atom is 0.414 e. The first-order valence-corrected chi connectivity index (χ1v) is 8.16. The van der Waals surface area contributed by atoms with E-state index in [4.69, 9.17) is 9.47 Å². The first-order chi connectivity index (χ1) is 12.6. The average molecular weight is 357 g/mol. The third kappa shape index (κ3) is 4.09. The second-order valence-corrected chi connectivity index (χ2v) is 5.88. The van der Waals surface area contributed by atoms with Crippen molar-refractivity contribution in [3.8, 4) is 5.75 Å². The molecule has 1 saturated heterocycles. The van der Waals surface area contributed by atoms with E-state index in [0.29, 0.717) is 24.4 Å². The zero-order valence-corrected chi connectivity index (χ0v) is 14.3. The van der Waals surface area contributed by atoms with E-state index in [1.165, 1.54) is 12.1 Å². The summed E-state index contributed by atoms with van der Waals surface area (Å²) >= 11 is 0. The predicted octanol–water partition coefficient (Wildman–Crippen LogP) is 2.72. The van der Waals surface area contributed by atoms with Crippen LogP contribution in [0, 0.1) is 10.1 Å². The first kappa shape index (κ1) is 17.7. The molecule has 3 rings (SSSR count). The monoisotopic (exact) mass is 357 g/mol. The Bertz CT molecular complexity index is 794. The maximum atomic E-state index is 11.9. The molecule has 2 aromatic carbocycles. The van der Waals surface area contributed by atoms with Crippen LogP contribution in [0.5, 0.6) is 5.75 Å². The molecule has 0 aromatic heterocycles. The summed E-state index contributed by atoms with van der Waals surface area (Å²) in [4.78, 5) is 23.9.